The van der Waals surface area contributed by atoms with E-state index in [4.69, 9.17) is 25.8 Å². The molecule has 170 valence electrons. The van der Waals surface area contributed by atoms with Crippen LogP contribution in [0.4, 0.5) is 0 Å². The van der Waals surface area contributed by atoms with Gasteiger partial charge in [0.15, 0.2) is 5.41 Å². The maximum atomic E-state index is 13.3. The number of carbonyl (C=O) groups is 2. The molecule has 6 heteroatoms. The lowest BCUT2D eigenvalue weighted by Crippen LogP contribution is -2.44. The van der Waals surface area contributed by atoms with Gasteiger partial charge in [0, 0.05) is 17.9 Å². The Balaban J connectivity index is 1.93. The zero-order valence-corrected chi connectivity index (χ0v) is 19.2. The molecular formula is C27H25ClO5. The zero-order chi connectivity index (χ0) is 23.5. The average molecular weight is 465 g/mol. The van der Waals surface area contributed by atoms with Crippen LogP contribution in [0.3, 0.4) is 0 Å². The predicted molar refractivity (Wildman–Crippen MR) is 125 cm³/mol. The molecule has 0 N–H and O–H groups in total. The fourth-order valence-electron chi connectivity index (χ4n) is 4.75. The van der Waals surface area contributed by atoms with Crippen molar-refractivity contribution in [3.05, 3.63) is 107 Å². The zero-order valence-electron chi connectivity index (χ0n) is 18.5. The third kappa shape index (κ3) is 4.14. The second-order valence-electron chi connectivity index (χ2n) is 8.20. The fraction of sp³-hybridized carbons (Fsp3) is 0.259. The molecule has 0 saturated carbocycles. The Bertz CT molecular complexity index is 1100. The maximum absolute atomic E-state index is 13.3. The summed E-state index contributed by atoms with van der Waals surface area (Å²) in [5, 5.41) is 0.539. The third-order valence-electron chi connectivity index (χ3n) is 6.26. The minimum absolute atomic E-state index is 0.0611. The SMILES string of the molecule is COC(=O)C1(C(=O)OC)C[C@](Cc2ccccc2)(c2ccccc2)O[C@@H]1c1ccc(Cl)cc1. The Morgan fingerprint density at radius 3 is 1.97 bits per heavy atom. The van der Waals surface area contributed by atoms with Crippen molar-refractivity contribution in [3.8, 4) is 0 Å². The number of halogens is 1. The topological polar surface area (TPSA) is 61.8 Å². The summed E-state index contributed by atoms with van der Waals surface area (Å²) in [4.78, 5) is 26.7. The normalized spacial score (nSPS) is 21.4. The van der Waals surface area contributed by atoms with Crippen molar-refractivity contribution in [1.82, 2.24) is 0 Å². The first-order chi connectivity index (χ1) is 15.9. The van der Waals surface area contributed by atoms with E-state index in [2.05, 4.69) is 0 Å². The molecule has 1 saturated heterocycles. The summed E-state index contributed by atoms with van der Waals surface area (Å²) in [5.74, 6) is -1.39. The second-order valence-corrected chi connectivity index (χ2v) is 8.64. The van der Waals surface area contributed by atoms with Crippen molar-refractivity contribution in [1.29, 1.82) is 0 Å². The molecule has 3 aromatic carbocycles. The molecule has 2 atom stereocenters. The number of rotatable bonds is 6. The smallest absolute Gasteiger partial charge is 0.326 e. The Morgan fingerprint density at radius 1 is 0.879 bits per heavy atom. The van der Waals surface area contributed by atoms with Crippen LogP contribution in [-0.2, 0) is 35.8 Å². The van der Waals surface area contributed by atoms with Gasteiger partial charge < -0.3 is 14.2 Å². The van der Waals surface area contributed by atoms with Crippen LogP contribution in [0.2, 0.25) is 5.02 Å². The van der Waals surface area contributed by atoms with Crippen LogP contribution in [0.15, 0.2) is 84.9 Å². The highest BCUT2D eigenvalue weighted by Gasteiger charge is 2.66. The first-order valence-corrected chi connectivity index (χ1v) is 11.0. The lowest BCUT2D eigenvalue weighted by molar-refractivity contribution is -0.174. The molecule has 0 bridgehead atoms. The lowest BCUT2D eigenvalue weighted by atomic mass is 9.71. The Labute approximate surface area is 198 Å². The molecule has 33 heavy (non-hydrogen) atoms. The third-order valence-corrected chi connectivity index (χ3v) is 6.51. The molecule has 1 fully saturated rings. The lowest BCUT2D eigenvalue weighted by Gasteiger charge is -2.30. The van der Waals surface area contributed by atoms with Crippen LogP contribution in [0.25, 0.3) is 0 Å². The first-order valence-electron chi connectivity index (χ1n) is 10.6. The minimum atomic E-state index is -1.69. The molecule has 1 aliphatic heterocycles. The van der Waals surface area contributed by atoms with Gasteiger partial charge >= 0.3 is 11.9 Å². The van der Waals surface area contributed by atoms with Crippen LogP contribution in [0.1, 0.15) is 29.2 Å². The van der Waals surface area contributed by atoms with Gasteiger partial charge in [0.05, 0.1) is 19.8 Å². The average Bonchev–Trinajstić information content (AvgIpc) is 3.22. The largest absolute Gasteiger partial charge is 0.468 e. The summed E-state index contributed by atoms with van der Waals surface area (Å²) < 4.78 is 17.1. The molecule has 0 spiro atoms. The number of esters is 2. The number of methoxy groups -OCH3 is 2. The van der Waals surface area contributed by atoms with Crippen LogP contribution in [0, 0.1) is 5.41 Å². The first kappa shape index (κ1) is 23.0. The molecule has 4 rings (SSSR count). The van der Waals surface area contributed by atoms with Crippen molar-refractivity contribution in [3.63, 3.8) is 0 Å². The molecule has 0 amide bonds. The highest BCUT2D eigenvalue weighted by Crippen LogP contribution is 2.58. The van der Waals surface area contributed by atoms with Gasteiger partial charge in [0.25, 0.3) is 0 Å². The molecule has 0 aliphatic carbocycles. The van der Waals surface area contributed by atoms with E-state index in [1.165, 1.54) is 14.2 Å². The quantitative estimate of drug-likeness (QED) is 0.367. The number of benzene rings is 3. The number of hydrogen-bond acceptors (Lipinski definition) is 5. The summed E-state index contributed by atoms with van der Waals surface area (Å²) in [6.07, 6.45) is -0.415. The van der Waals surface area contributed by atoms with Gasteiger partial charge in [-0.15, -0.1) is 0 Å². The van der Waals surface area contributed by atoms with Crippen LogP contribution >= 0.6 is 11.6 Å². The molecule has 0 unspecified atom stereocenters. The van der Waals surface area contributed by atoms with Gasteiger partial charge in [-0.25, -0.2) is 0 Å². The van der Waals surface area contributed by atoms with Crippen molar-refractivity contribution in [2.24, 2.45) is 5.41 Å². The van der Waals surface area contributed by atoms with Gasteiger partial charge in [0.2, 0.25) is 0 Å². The maximum Gasteiger partial charge on any atom is 0.326 e. The molecule has 1 heterocycles. The number of carbonyl (C=O) groups excluding carboxylic acids is 2. The number of ether oxygens (including phenoxy) is 3. The van der Waals surface area contributed by atoms with Crippen molar-refractivity contribution >= 4 is 23.5 Å². The van der Waals surface area contributed by atoms with Crippen molar-refractivity contribution < 1.29 is 23.8 Å². The standard InChI is InChI=1S/C27H25ClO5/c1-31-24(29)27(25(30)32-2)18-26(21-11-7-4-8-12-21,17-19-9-5-3-6-10-19)33-23(27)20-13-15-22(28)16-14-20/h3-16,23H,17-18H2,1-2H3/t23-,26-/m1/s1. The molecular weight excluding hydrogens is 440 g/mol. The Hall–Kier alpha value is -3.15. The van der Waals surface area contributed by atoms with E-state index in [0.29, 0.717) is 17.0 Å². The summed E-state index contributed by atoms with van der Waals surface area (Å²) >= 11 is 6.10. The molecule has 1 aliphatic rings. The summed E-state index contributed by atoms with van der Waals surface area (Å²) in [6, 6.07) is 26.4. The van der Waals surface area contributed by atoms with E-state index in [9.17, 15) is 9.59 Å². The molecule has 5 nitrogen and oxygen atoms in total. The van der Waals surface area contributed by atoms with E-state index in [1.807, 2.05) is 60.7 Å². The minimum Gasteiger partial charge on any atom is -0.468 e. The van der Waals surface area contributed by atoms with E-state index in [0.717, 1.165) is 11.1 Å². The van der Waals surface area contributed by atoms with Gasteiger partial charge in [-0.1, -0.05) is 84.4 Å². The fourth-order valence-corrected chi connectivity index (χ4v) is 4.88. The summed E-state index contributed by atoms with van der Waals surface area (Å²) in [6.45, 7) is 0. The van der Waals surface area contributed by atoms with Gasteiger partial charge in [-0.05, 0) is 28.8 Å². The van der Waals surface area contributed by atoms with Crippen LogP contribution in [-0.4, -0.2) is 26.2 Å². The highest BCUT2D eigenvalue weighted by molar-refractivity contribution is 6.30. The van der Waals surface area contributed by atoms with Gasteiger partial charge in [-0.2, -0.15) is 0 Å². The number of hydrogen-bond donors (Lipinski definition) is 0. The van der Waals surface area contributed by atoms with Crippen molar-refractivity contribution in [2.75, 3.05) is 14.2 Å². The van der Waals surface area contributed by atoms with E-state index >= 15 is 0 Å². The van der Waals surface area contributed by atoms with Gasteiger partial charge in [-0.3, -0.25) is 9.59 Å². The molecule has 0 aromatic heterocycles. The molecule has 3 aromatic rings. The summed E-state index contributed by atoms with van der Waals surface area (Å²) in [5.41, 5.74) is -0.151. The van der Waals surface area contributed by atoms with Crippen LogP contribution < -0.4 is 0 Å². The van der Waals surface area contributed by atoms with E-state index in [1.54, 1.807) is 24.3 Å². The van der Waals surface area contributed by atoms with Crippen molar-refractivity contribution in [2.45, 2.75) is 24.5 Å². The predicted octanol–water partition coefficient (Wildman–Crippen LogP) is 5.27. The van der Waals surface area contributed by atoms with E-state index < -0.39 is 29.1 Å². The monoisotopic (exact) mass is 464 g/mol. The molecule has 0 radical (unpaired) electrons. The highest BCUT2D eigenvalue weighted by atomic mass is 35.5. The Kier molecular flexibility index (Phi) is 6.54. The second kappa shape index (κ2) is 9.38. The summed E-state index contributed by atoms with van der Waals surface area (Å²) in [7, 11) is 2.54. The Morgan fingerprint density at radius 2 is 1.42 bits per heavy atom. The van der Waals surface area contributed by atoms with Crippen LogP contribution in [0.5, 0.6) is 0 Å². The van der Waals surface area contributed by atoms with Gasteiger partial charge in [0.1, 0.15) is 6.10 Å². The van der Waals surface area contributed by atoms with E-state index in [-0.39, 0.29) is 6.42 Å².